The molecule has 15 heavy (non-hydrogen) atoms. The summed E-state index contributed by atoms with van der Waals surface area (Å²) in [6.45, 7) is 2.72. The molecule has 4 nitrogen and oxygen atoms in total. The molecule has 0 aromatic carbocycles. The number of aliphatic hydroxyl groups excluding tert-OH is 1. The third-order valence-corrected chi connectivity index (χ3v) is 2.26. The van der Waals surface area contributed by atoms with Crippen LogP contribution >= 0.6 is 0 Å². The van der Waals surface area contributed by atoms with E-state index in [2.05, 4.69) is 6.92 Å². The van der Waals surface area contributed by atoms with E-state index in [0.717, 1.165) is 19.3 Å². The van der Waals surface area contributed by atoms with Crippen LogP contribution in [0.3, 0.4) is 0 Å². The van der Waals surface area contributed by atoms with E-state index in [1.165, 1.54) is 7.11 Å². The summed E-state index contributed by atoms with van der Waals surface area (Å²) in [6, 6.07) is 0. The highest BCUT2D eigenvalue weighted by Crippen LogP contribution is 2.02. The zero-order chi connectivity index (χ0) is 11.7. The second kappa shape index (κ2) is 8.68. The van der Waals surface area contributed by atoms with Crippen LogP contribution in [0.1, 0.15) is 32.6 Å². The molecule has 0 aliphatic rings. The van der Waals surface area contributed by atoms with E-state index in [1.54, 1.807) is 11.9 Å². The number of likely N-dealkylation sites (N-methyl/N-ethyl adjacent to an activating group) is 1. The number of rotatable bonds is 8. The minimum Gasteiger partial charge on any atom is -0.389 e. The Morgan fingerprint density at radius 3 is 2.67 bits per heavy atom. The third-order valence-electron chi connectivity index (χ3n) is 2.26. The van der Waals surface area contributed by atoms with E-state index < -0.39 is 6.10 Å². The average Bonchev–Trinajstić information content (AvgIpc) is 2.18. The van der Waals surface area contributed by atoms with Crippen molar-refractivity contribution in [1.29, 1.82) is 0 Å². The SMILES string of the molecule is CCCCCC(=O)N(C)CC(O)COC. The average molecular weight is 217 g/mol. The predicted molar refractivity (Wildman–Crippen MR) is 59.7 cm³/mol. The van der Waals surface area contributed by atoms with E-state index in [1.807, 2.05) is 0 Å². The van der Waals surface area contributed by atoms with Gasteiger partial charge in [0.15, 0.2) is 0 Å². The minimum atomic E-state index is -0.588. The van der Waals surface area contributed by atoms with Crippen molar-refractivity contribution in [2.24, 2.45) is 0 Å². The van der Waals surface area contributed by atoms with Gasteiger partial charge in [-0.1, -0.05) is 19.8 Å². The van der Waals surface area contributed by atoms with Crippen LogP contribution in [0.2, 0.25) is 0 Å². The lowest BCUT2D eigenvalue weighted by molar-refractivity contribution is -0.131. The van der Waals surface area contributed by atoms with Crippen molar-refractivity contribution in [3.8, 4) is 0 Å². The van der Waals surface area contributed by atoms with Gasteiger partial charge in [0.2, 0.25) is 5.91 Å². The molecule has 0 fully saturated rings. The number of methoxy groups -OCH3 is 1. The minimum absolute atomic E-state index is 0.0959. The fourth-order valence-corrected chi connectivity index (χ4v) is 1.38. The van der Waals surface area contributed by atoms with Crippen molar-refractivity contribution in [2.45, 2.75) is 38.7 Å². The van der Waals surface area contributed by atoms with Crippen LogP contribution < -0.4 is 0 Å². The monoisotopic (exact) mass is 217 g/mol. The molecule has 90 valence electrons. The first-order chi connectivity index (χ1) is 7.11. The fraction of sp³-hybridized carbons (Fsp3) is 0.909. The van der Waals surface area contributed by atoms with Crippen molar-refractivity contribution >= 4 is 5.91 Å². The maximum absolute atomic E-state index is 11.5. The van der Waals surface area contributed by atoms with Crippen LogP contribution in [-0.2, 0) is 9.53 Å². The van der Waals surface area contributed by atoms with E-state index in [-0.39, 0.29) is 12.5 Å². The number of unbranched alkanes of at least 4 members (excludes halogenated alkanes) is 2. The highest BCUT2D eigenvalue weighted by atomic mass is 16.5. The van der Waals surface area contributed by atoms with Gasteiger partial charge in [-0.3, -0.25) is 4.79 Å². The standard InChI is InChI=1S/C11H23NO3/c1-4-5-6-7-11(14)12(2)8-10(13)9-15-3/h10,13H,4-9H2,1-3H3. The van der Waals surface area contributed by atoms with Gasteiger partial charge >= 0.3 is 0 Å². The van der Waals surface area contributed by atoms with Crippen molar-refractivity contribution in [1.82, 2.24) is 4.90 Å². The molecular weight excluding hydrogens is 194 g/mol. The number of ether oxygens (including phenoxy) is 1. The molecule has 0 heterocycles. The summed E-state index contributed by atoms with van der Waals surface area (Å²) >= 11 is 0. The van der Waals surface area contributed by atoms with Crippen LogP contribution in [0.25, 0.3) is 0 Å². The Hall–Kier alpha value is -0.610. The number of amides is 1. The molecule has 0 rings (SSSR count). The Labute approximate surface area is 92.2 Å². The normalized spacial score (nSPS) is 12.5. The molecule has 0 aromatic rings. The lowest BCUT2D eigenvalue weighted by atomic mass is 10.2. The zero-order valence-corrected chi connectivity index (χ0v) is 10.0. The molecule has 1 unspecified atom stereocenters. The molecule has 1 atom stereocenters. The molecule has 1 amide bonds. The summed E-state index contributed by atoms with van der Waals surface area (Å²) in [5.74, 6) is 0.0959. The first-order valence-corrected chi connectivity index (χ1v) is 5.52. The van der Waals surface area contributed by atoms with Gasteiger partial charge in [-0.15, -0.1) is 0 Å². The maximum atomic E-state index is 11.5. The number of hydrogen-bond acceptors (Lipinski definition) is 3. The topological polar surface area (TPSA) is 49.8 Å². The summed E-state index contributed by atoms with van der Waals surface area (Å²) in [5, 5.41) is 9.42. The molecule has 0 aliphatic carbocycles. The smallest absolute Gasteiger partial charge is 0.222 e. The number of carbonyl (C=O) groups is 1. The molecule has 1 N–H and O–H groups in total. The lowest BCUT2D eigenvalue weighted by Crippen LogP contribution is -2.36. The number of carbonyl (C=O) groups excluding carboxylic acids is 1. The van der Waals surface area contributed by atoms with Gasteiger partial charge in [0.25, 0.3) is 0 Å². The van der Waals surface area contributed by atoms with Crippen molar-refractivity contribution in [3.05, 3.63) is 0 Å². The van der Waals surface area contributed by atoms with Crippen LogP contribution in [-0.4, -0.2) is 49.3 Å². The molecule has 0 spiro atoms. The zero-order valence-electron chi connectivity index (χ0n) is 10.0. The Balaban J connectivity index is 3.68. The summed E-state index contributed by atoms with van der Waals surface area (Å²) in [5.41, 5.74) is 0. The number of nitrogens with zero attached hydrogens (tertiary/aromatic N) is 1. The van der Waals surface area contributed by atoms with E-state index in [9.17, 15) is 9.90 Å². The molecule has 0 aliphatic heterocycles. The third kappa shape index (κ3) is 7.33. The van der Waals surface area contributed by atoms with E-state index >= 15 is 0 Å². The Morgan fingerprint density at radius 1 is 1.47 bits per heavy atom. The van der Waals surface area contributed by atoms with Crippen molar-refractivity contribution < 1.29 is 14.6 Å². The van der Waals surface area contributed by atoms with Gasteiger partial charge in [-0.05, 0) is 6.42 Å². The van der Waals surface area contributed by atoms with Gasteiger partial charge in [-0.25, -0.2) is 0 Å². The summed E-state index contributed by atoms with van der Waals surface area (Å²) in [6.07, 6.45) is 3.11. The van der Waals surface area contributed by atoms with E-state index in [4.69, 9.17) is 4.74 Å². The highest BCUT2D eigenvalue weighted by molar-refractivity contribution is 5.75. The second-order valence-corrected chi connectivity index (χ2v) is 3.84. The lowest BCUT2D eigenvalue weighted by Gasteiger charge is -2.20. The van der Waals surface area contributed by atoms with Crippen LogP contribution in [0.15, 0.2) is 0 Å². The fourth-order valence-electron chi connectivity index (χ4n) is 1.38. The summed E-state index contributed by atoms with van der Waals surface area (Å²) in [4.78, 5) is 13.1. The Bertz CT molecular complexity index is 173. The molecule has 0 saturated heterocycles. The van der Waals surface area contributed by atoms with Gasteiger partial charge < -0.3 is 14.7 Å². The Kier molecular flexibility index (Phi) is 8.33. The van der Waals surface area contributed by atoms with Crippen molar-refractivity contribution in [2.75, 3.05) is 27.3 Å². The predicted octanol–water partition coefficient (Wildman–Crippen LogP) is 1.03. The second-order valence-electron chi connectivity index (χ2n) is 3.84. The number of hydrogen-bond donors (Lipinski definition) is 1. The quantitative estimate of drug-likeness (QED) is 0.618. The molecule has 0 aromatic heterocycles. The van der Waals surface area contributed by atoms with Crippen LogP contribution in [0.5, 0.6) is 0 Å². The molecule has 0 saturated carbocycles. The van der Waals surface area contributed by atoms with Gasteiger partial charge in [-0.2, -0.15) is 0 Å². The van der Waals surface area contributed by atoms with Crippen molar-refractivity contribution in [3.63, 3.8) is 0 Å². The first-order valence-electron chi connectivity index (χ1n) is 5.52. The van der Waals surface area contributed by atoms with Gasteiger partial charge in [0.1, 0.15) is 0 Å². The number of aliphatic hydroxyl groups is 1. The van der Waals surface area contributed by atoms with Crippen LogP contribution in [0.4, 0.5) is 0 Å². The highest BCUT2D eigenvalue weighted by Gasteiger charge is 2.12. The summed E-state index contributed by atoms with van der Waals surface area (Å²) in [7, 11) is 3.25. The Morgan fingerprint density at radius 2 is 2.13 bits per heavy atom. The molecule has 0 radical (unpaired) electrons. The van der Waals surface area contributed by atoms with Crippen LogP contribution in [0, 0.1) is 0 Å². The van der Waals surface area contributed by atoms with Gasteiger partial charge in [0, 0.05) is 27.1 Å². The first kappa shape index (κ1) is 14.4. The van der Waals surface area contributed by atoms with Gasteiger partial charge in [0.05, 0.1) is 12.7 Å². The summed E-state index contributed by atoms with van der Waals surface area (Å²) < 4.78 is 4.79. The molecule has 4 heteroatoms. The maximum Gasteiger partial charge on any atom is 0.222 e. The molecule has 0 bridgehead atoms. The van der Waals surface area contributed by atoms with E-state index in [0.29, 0.717) is 13.0 Å². The molecular formula is C11H23NO3. The largest absolute Gasteiger partial charge is 0.389 e.